The molecule has 6 heteroatoms. The highest BCUT2D eigenvalue weighted by atomic mass is 32.1. The summed E-state index contributed by atoms with van der Waals surface area (Å²) in [4.78, 5) is 16.9. The van der Waals surface area contributed by atoms with E-state index < -0.39 is 6.09 Å². The Bertz CT molecular complexity index is 630. The van der Waals surface area contributed by atoms with Crippen molar-refractivity contribution in [3.8, 4) is 0 Å². The van der Waals surface area contributed by atoms with E-state index in [1.54, 1.807) is 18.4 Å². The van der Waals surface area contributed by atoms with Gasteiger partial charge >= 0.3 is 6.09 Å². The second-order valence-corrected chi connectivity index (χ2v) is 4.71. The number of hydrogen-bond acceptors (Lipinski definition) is 4. The maximum Gasteiger partial charge on any atom is 0.436 e. The average molecular weight is 263 g/mol. The Labute approximate surface area is 108 Å². The predicted octanol–water partition coefficient (Wildman–Crippen LogP) is 2.31. The second kappa shape index (κ2) is 5.05. The lowest BCUT2D eigenvalue weighted by Crippen LogP contribution is -2.31. The van der Waals surface area contributed by atoms with Crippen LogP contribution in [-0.4, -0.2) is 10.8 Å². The number of rotatable bonds is 2. The molecule has 2 N–H and O–H groups in total. The van der Waals surface area contributed by atoms with Crippen molar-refractivity contribution < 1.29 is 9.63 Å². The number of carbonyl (C=O) groups excluding carboxylic acids is 1. The maximum absolute atomic E-state index is 11.7. The Kier molecular flexibility index (Phi) is 3.47. The summed E-state index contributed by atoms with van der Waals surface area (Å²) in [7, 11) is 0. The van der Waals surface area contributed by atoms with E-state index in [1.807, 2.05) is 25.1 Å². The molecule has 5 nitrogen and oxygen atoms in total. The van der Waals surface area contributed by atoms with Crippen molar-refractivity contribution in [1.29, 1.82) is 5.41 Å². The normalized spacial score (nSPS) is 10.1. The zero-order chi connectivity index (χ0) is 13.1. The molecule has 0 saturated carbocycles. The Hall–Kier alpha value is -2.08. The number of aromatic nitrogens is 1. The second-order valence-electron chi connectivity index (χ2n) is 3.85. The van der Waals surface area contributed by atoms with Crippen LogP contribution in [0, 0.1) is 19.3 Å². The van der Waals surface area contributed by atoms with E-state index >= 15 is 0 Å². The van der Waals surface area contributed by atoms with E-state index in [2.05, 4.69) is 5.32 Å². The molecular formula is C12H13N3O2S. The van der Waals surface area contributed by atoms with Gasteiger partial charge in [0.05, 0.1) is 5.69 Å². The summed E-state index contributed by atoms with van der Waals surface area (Å²) >= 11 is 1.21. The molecule has 0 fully saturated rings. The van der Waals surface area contributed by atoms with Crippen molar-refractivity contribution in [3.05, 3.63) is 45.7 Å². The maximum atomic E-state index is 11.7. The number of amides is 1. The molecule has 1 heterocycles. The molecule has 0 aliphatic rings. The molecule has 0 unspecified atom stereocenters. The molecular weight excluding hydrogens is 250 g/mol. The number of benzene rings is 1. The smallest absolute Gasteiger partial charge is 0.314 e. The summed E-state index contributed by atoms with van der Waals surface area (Å²) in [6.45, 7) is 3.71. The molecule has 0 bridgehead atoms. The van der Waals surface area contributed by atoms with Gasteiger partial charge in [-0.2, -0.15) is 0 Å². The van der Waals surface area contributed by atoms with Crippen LogP contribution in [0.4, 0.5) is 10.5 Å². The molecule has 18 heavy (non-hydrogen) atoms. The highest BCUT2D eigenvalue weighted by molar-refractivity contribution is 7.07. The molecule has 0 aliphatic heterocycles. The topological polar surface area (TPSA) is 67.1 Å². The fourth-order valence-corrected chi connectivity index (χ4v) is 2.11. The minimum Gasteiger partial charge on any atom is -0.314 e. The van der Waals surface area contributed by atoms with Gasteiger partial charge in [0.15, 0.2) is 0 Å². The standard InChI is InChI=1S/C12H13N3O2S/c1-8-4-3-5-10(6-8)14-12(16)17-15-9(2)7-18-11(15)13/h3-7,13H,1-2H3,(H,14,16). The number of carbonyl (C=O) groups is 1. The zero-order valence-corrected chi connectivity index (χ0v) is 10.9. The Morgan fingerprint density at radius 3 is 2.83 bits per heavy atom. The molecule has 0 aliphatic carbocycles. The molecule has 0 spiro atoms. The van der Waals surface area contributed by atoms with Gasteiger partial charge in [0.1, 0.15) is 0 Å². The molecule has 2 rings (SSSR count). The van der Waals surface area contributed by atoms with Gasteiger partial charge in [-0.3, -0.25) is 10.7 Å². The minimum atomic E-state index is -0.611. The molecule has 2 aromatic rings. The fraction of sp³-hybridized carbons (Fsp3) is 0.167. The van der Waals surface area contributed by atoms with Crippen molar-refractivity contribution >= 4 is 23.1 Å². The van der Waals surface area contributed by atoms with Gasteiger partial charge in [0.25, 0.3) is 0 Å². The highest BCUT2D eigenvalue weighted by Gasteiger charge is 2.08. The summed E-state index contributed by atoms with van der Waals surface area (Å²) in [6, 6.07) is 7.41. The number of hydrogen-bond donors (Lipinski definition) is 2. The first-order valence-corrected chi connectivity index (χ1v) is 6.22. The average Bonchev–Trinajstić information content (AvgIpc) is 2.61. The van der Waals surface area contributed by atoms with Crippen LogP contribution in [0.1, 0.15) is 11.3 Å². The van der Waals surface area contributed by atoms with Crippen LogP contribution in [0.25, 0.3) is 0 Å². The van der Waals surface area contributed by atoms with E-state index in [0.29, 0.717) is 11.4 Å². The van der Waals surface area contributed by atoms with Crippen LogP contribution in [0.3, 0.4) is 0 Å². The fourth-order valence-electron chi connectivity index (χ4n) is 1.46. The van der Waals surface area contributed by atoms with Gasteiger partial charge in [-0.25, -0.2) is 4.79 Å². The Balaban J connectivity index is 2.08. The number of thiazole rings is 1. The third-order valence-corrected chi connectivity index (χ3v) is 3.13. The van der Waals surface area contributed by atoms with E-state index in [9.17, 15) is 4.79 Å². The van der Waals surface area contributed by atoms with Gasteiger partial charge in [-0.1, -0.05) is 12.1 Å². The highest BCUT2D eigenvalue weighted by Crippen LogP contribution is 2.09. The zero-order valence-electron chi connectivity index (χ0n) is 10.1. The van der Waals surface area contributed by atoms with E-state index in [1.165, 1.54) is 16.1 Å². The van der Waals surface area contributed by atoms with Gasteiger partial charge in [0.2, 0.25) is 4.80 Å². The van der Waals surface area contributed by atoms with Crippen molar-refractivity contribution in [2.75, 3.05) is 5.32 Å². The molecule has 94 valence electrons. The molecule has 1 aromatic heterocycles. The Morgan fingerprint density at radius 1 is 1.44 bits per heavy atom. The lowest BCUT2D eigenvalue weighted by Gasteiger charge is -2.08. The quantitative estimate of drug-likeness (QED) is 0.873. The van der Waals surface area contributed by atoms with Crippen molar-refractivity contribution in [1.82, 2.24) is 4.73 Å². The molecule has 0 radical (unpaired) electrons. The number of nitrogens with zero attached hydrogens (tertiary/aromatic N) is 1. The van der Waals surface area contributed by atoms with Gasteiger partial charge in [-0.15, -0.1) is 16.1 Å². The summed E-state index contributed by atoms with van der Waals surface area (Å²) in [5, 5.41) is 11.9. The van der Waals surface area contributed by atoms with E-state index in [0.717, 1.165) is 5.56 Å². The lowest BCUT2D eigenvalue weighted by molar-refractivity contribution is 0.140. The van der Waals surface area contributed by atoms with Crippen LogP contribution in [-0.2, 0) is 0 Å². The first kappa shape index (κ1) is 12.4. The van der Waals surface area contributed by atoms with E-state index in [-0.39, 0.29) is 4.80 Å². The number of anilines is 1. The summed E-state index contributed by atoms with van der Waals surface area (Å²) in [5.41, 5.74) is 2.43. The van der Waals surface area contributed by atoms with E-state index in [4.69, 9.17) is 10.2 Å². The lowest BCUT2D eigenvalue weighted by atomic mass is 10.2. The summed E-state index contributed by atoms with van der Waals surface area (Å²) < 4.78 is 1.19. The molecule has 1 amide bonds. The summed E-state index contributed by atoms with van der Waals surface area (Å²) in [5.74, 6) is 0. The van der Waals surface area contributed by atoms with Crippen LogP contribution >= 0.6 is 11.3 Å². The summed E-state index contributed by atoms with van der Waals surface area (Å²) in [6.07, 6.45) is -0.611. The predicted molar refractivity (Wildman–Crippen MR) is 69.7 cm³/mol. The van der Waals surface area contributed by atoms with Gasteiger partial charge in [-0.05, 0) is 31.5 Å². The van der Waals surface area contributed by atoms with Crippen LogP contribution < -0.4 is 15.0 Å². The SMILES string of the molecule is Cc1cccc(NC(=O)On2c(C)csc2=N)c1. The third-order valence-electron chi connectivity index (χ3n) is 2.28. The van der Waals surface area contributed by atoms with Crippen LogP contribution in [0.15, 0.2) is 29.6 Å². The largest absolute Gasteiger partial charge is 0.436 e. The van der Waals surface area contributed by atoms with Crippen molar-refractivity contribution in [2.24, 2.45) is 0 Å². The number of nitrogens with one attached hydrogen (secondary N) is 2. The Morgan fingerprint density at radius 2 is 2.22 bits per heavy atom. The van der Waals surface area contributed by atoms with Crippen molar-refractivity contribution in [2.45, 2.75) is 13.8 Å². The first-order valence-electron chi connectivity index (χ1n) is 5.34. The van der Waals surface area contributed by atoms with Crippen molar-refractivity contribution in [3.63, 3.8) is 0 Å². The van der Waals surface area contributed by atoms with Gasteiger partial charge < -0.3 is 4.84 Å². The third kappa shape index (κ3) is 2.78. The first-order chi connectivity index (χ1) is 8.56. The minimum absolute atomic E-state index is 0.173. The van der Waals surface area contributed by atoms with Gasteiger partial charge in [0, 0.05) is 11.1 Å². The van der Waals surface area contributed by atoms with Crippen LogP contribution in [0.5, 0.6) is 0 Å². The number of aryl methyl sites for hydroxylation is 2. The molecule has 1 aromatic carbocycles. The molecule has 0 saturated heterocycles. The monoisotopic (exact) mass is 263 g/mol. The molecule has 0 atom stereocenters. The van der Waals surface area contributed by atoms with Crippen LogP contribution in [0.2, 0.25) is 0 Å².